The van der Waals surface area contributed by atoms with Crippen LogP contribution in [0.3, 0.4) is 0 Å². The van der Waals surface area contributed by atoms with Crippen molar-refractivity contribution in [2.45, 2.75) is 43.7 Å². The molecule has 1 aliphatic rings. The van der Waals surface area contributed by atoms with Crippen molar-refractivity contribution in [3.63, 3.8) is 0 Å². The van der Waals surface area contributed by atoms with Gasteiger partial charge in [-0.25, -0.2) is 13.1 Å². The average molecular weight is 297 g/mol. The second-order valence-corrected chi connectivity index (χ2v) is 7.38. The van der Waals surface area contributed by atoms with Gasteiger partial charge in [-0.15, -0.1) is 0 Å². The van der Waals surface area contributed by atoms with Crippen molar-refractivity contribution >= 4 is 15.7 Å². The van der Waals surface area contributed by atoms with Crippen LogP contribution < -0.4 is 10.5 Å². The average Bonchev–Trinajstić information content (AvgIpc) is 3.22. The van der Waals surface area contributed by atoms with E-state index in [1.807, 2.05) is 14.0 Å². The Morgan fingerprint density at radius 2 is 2.10 bits per heavy atom. The molecule has 112 valence electrons. The van der Waals surface area contributed by atoms with Crippen molar-refractivity contribution in [2.24, 2.45) is 0 Å². The van der Waals surface area contributed by atoms with E-state index in [0.29, 0.717) is 18.3 Å². The van der Waals surface area contributed by atoms with E-state index >= 15 is 0 Å². The topological polar surface area (TPSA) is 75.4 Å². The van der Waals surface area contributed by atoms with Crippen LogP contribution in [-0.4, -0.2) is 39.0 Å². The number of hydrogen-bond acceptors (Lipinski definition) is 4. The van der Waals surface area contributed by atoms with E-state index < -0.39 is 10.0 Å². The molecule has 0 aliphatic heterocycles. The Morgan fingerprint density at radius 1 is 1.45 bits per heavy atom. The number of nitrogens with zero attached hydrogens (tertiary/aromatic N) is 1. The number of nitrogens with two attached hydrogens (primary N) is 1. The predicted molar refractivity (Wildman–Crippen MR) is 81.0 cm³/mol. The van der Waals surface area contributed by atoms with Crippen LogP contribution in [0.1, 0.15) is 25.3 Å². The van der Waals surface area contributed by atoms with Gasteiger partial charge in [-0.05, 0) is 57.5 Å². The highest BCUT2D eigenvalue weighted by atomic mass is 32.2. The summed E-state index contributed by atoms with van der Waals surface area (Å²) in [6.07, 6.45) is 2.43. The van der Waals surface area contributed by atoms with E-state index in [4.69, 9.17) is 5.73 Å². The molecule has 1 fully saturated rings. The molecule has 2 rings (SSSR count). The molecule has 1 unspecified atom stereocenters. The Labute approximate surface area is 121 Å². The number of hydrogen-bond donors (Lipinski definition) is 2. The van der Waals surface area contributed by atoms with E-state index in [9.17, 15) is 8.42 Å². The summed E-state index contributed by atoms with van der Waals surface area (Å²) in [4.78, 5) is 2.50. The maximum atomic E-state index is 12.2. The molecule has 3 N–H and O–H groups in total. The normalized spacial score (nSPS) is 17.4. The molecule has 6 heteroatoms. The summed E-state index contributed by atoms with van der Waals surface area (Å²) in [6, 6.07) is 5.58. The maximum absolute atomic E-state index is 12.2. The summed E-state index contributed by atoms with van der Waals surface area (Å²) < 4.78 is 27.2. The van der Waals surface area contributed by atoms with Crippen LogP contribution in [0.5, 0.6) is 0 Å². The third-order valence-electron chi connectivity index (χ3n) is 3.94. The number of rotatable bonds is 6. The van der Waals surface area contributed by atoms with E-state index in [-0.39, 0.29) is 10.9 Å². The lowest BCUT2D eigenvalue weighted by atomic mass is 10.2. The lowest BCUT2D eigenvalue weighted by Gasteiger charge is -2.24. The Kier molecular flexibility index (Phi) is 4.36. The maximum Gasteiger partial charge on any atom is 0.240 e. The number of sulfonamides is 1. The third-order valence-corrected chi connectivity index (χ3v) is 5.36. The van der Waals surface area contributed by atoms with E-state index in [1.54, 1.807) is 25.1 Å². The molecule has 0 amide bonds. The van der Waals surface area contributed by atoms with Gasteiger partial charge in [-0.3, -0.25) is 4.90 Å². The Hall–Kier alpha value is -1.11. The monoisotopic (exact) mass is 297 g/mol. The molecular formula is C14H23N3O2S. The van der Waals surface area contributed by atoms with Crippen molar-refractivity contribution in [2.75, 3.05) is 19.3 Å². The zero-order valence-corrected chi connectivity index (χ0v) is 13.1. The summed E-state index contributed by atoms with van der Waals surface area (Å²) >= 11 is 0. The van der Waals surface area contributed by atoms with Gasteiger partial charge in [0.15, 0.2) is 0 Å². The zero-order chi connectivity index (χ0) is 14.9. The van der Waals surface area contributed by atoms with Crippen molar-refractivity contribution in [1.29, 1.82) is 0 Å². The number of aryl methyl sites for hydroxylation is 1. The molecular weight excluding hydrogens is 274 g/mol. The van der Waals surface area contributed by atoms with Gasteiger partial charge in [0.2, 0.25) is 10.0 Å². The Morgan fingerprint density at radius 3 is 2.65 bits per heavy atom. The predicted octanol–water partition coefficient (Wildman–Crippen LogP) is 1.34. The quantitative estimate of drug-likeness (QED) is 0.777. The molecule has 0 aromatic heterocycles. The second kappa shape index (κ2) is 5.71. The number of anilines is 1. The van der Waals surface area contributed by atoms with Crippen LogP contribution in [0, 0.1) is 6.92 Å². The van der Waals surface area contributed by atoms with Crippen LogP contribution in [-0.2, 0) is 10.0 Å². The standard InChI is InChI=1S/C14H23N3O2S/c1-10-8-13(6-7-14(10)15)20(18,19)16-9-11(2)17(3)12-4-5-12/h6-8,11-12,16H,4-5,9,15H2,1-3H3. The second-order valence-electron chi connectivity index (χ2n) is 5.62. The summed E-state index contributed by atoms with van der Waals surface area (Å²) in [7, 11) is -1.42. The molecule has 1 aliphatic carbocycles. The largest absolute Gasteiger partial charge is 0.399 e. The smallest absolute Gasteiger partial charge is 0.240 e. The van der Waals surface area contributed by atoms with Crippen LogP contribution in [0.25, 0.3) is 0 Å². The SMILES string of the molecule is Cc1cc(S(=O)(=O)NCC(C)N(C)C2CC2)ccc1N. The summed E-state index contributed by atoms with van der Waals surface area (Å²) in [5.41, 5.74) is 7.09. The molecule has 1 aromatic carbocycles. The fourth-order valence-corrected chi connectivity index (χ4v) is 3.32. The highest BCUT2D eigenvalue weighted by molar-refractivity contribution is 7.89. The number of benzene rings is 1. The molecule has 0 heterocycles. The first-order chi connectivity index (χ1) is 9.31. The first-order valence-electron chi connectivity index (χ1n) is 6.89. The summed E-state index contributed by atoms with van der Waals surface area (Å²) in [6.45, 7) is 4.26. The molecule has 5 nitrogen and oxygen atoms in total. The molecule has 0 radical (unpaired) electrons. The molecule has 0 spiro atoms. The van der Waals surface area contributed by atoms with Crippen LogP contribution in [0.15, 0.2) is 23.1 Å². The van der Waals surface area contributed by atoms with Gasteiger partial charge in [-0.2, -0.15) is 0 Å². The van der Waals surface area contributed by atoms with Crippen molar-refractivity contribution in [1.82, 2.24) is 9.62 Å². The molecule has 20 heavy (non-hydrogen) atoms. The van der Waals surface area contributed by atoms with Gasteiger partial charge in [-0.1, -0.05) is 0 Å². The zero-order valence-electron chi connectivity index (χ0n) is 12.3. The minimum atomic E-state index is -3.47. The van der Waals surface area contributed by atoms with Gasteiger partial charge in [0.25, 0.3) is 0 Å². The van der Waals surface area contributed by atoms with Gasteiger partial charge in [0, 0.05) is 24.3 Å². The molecule has 1 atom stereocenters. The summed E-state index contributed by atoms with van der Waals surface area (Å²) in [5.74, 6) is 0. The van der Waals surface area contributed by atoms with Gasteiger partial charge in [0.1, 0.15) is 0 Å². The molecule has 0 saturated heterocycles. The van der Waals surface area contributed by atoms with Crippen molar-refractivity contribution < 1.29 is 8.42 Å². The number of nitrogen functional groups attached to an aromatic ring is 1. The lowest BCUT2D eigenvalue weighted by molar-refractivity contribution is 0.248. The van der Waals surface area contributed by atoms with Crippen molar-refractivity contribution in [3.8, 4) is 0 Å². The van der Waals surface area contributed by atoms with Crippen LogP contribution in [0.4, 0.5) is 5.69 Å². The van der Waals surface area contributed by atoms with E-state index in [0.717, 1.165) is 5.56 Å². The van der Waals surface area contributed by atoms with Crippen LogP contribution in [0.2, 0.25) is 0 Å². The van der Waals surface area contributed by atoms with Crippen LogP contribution >= 0.6 is 0 Å². The Bertz CT molecular complexity index is 582. The summed E-state index contributed by atoms with van der Waals surface area (Å²) in [5, 5.41) is 0. The van der Waals surface area contributed by atoms with E-state index in [1.165, 1.54) is 12.8 Å². The number of nitrogens with one attached hydrogen (secondary N) is 1. The van der Waals surface area contributed by atoms with Gasteiger partial charge < -0.3 is 5.73 Å². The van der Waals surface area contributed by atoms with Gasteiger partial charge >= 0.3 is 0 Å². The highest BCUT2D eigenvalue weighted by Crippen LogP contribution is 2.26. The molecule has 1 aromatic rings. The highest BCUT2D eigenvalue weighted by Gasteiger charge is 2.29. The third kappa shape index (κ3) is 3.50. The minimum absolute atomic E-state index is 0.187. The number of likely N-dealkylation sites (N-methyl/N-ethyl adjacent to an activating group) is 1. The Balaban J connectivity index is 2.01. The van der Waals surface area contributed by atoms with Crippen molar-refractivity contribution in [3.05, 3.63) is 23.8 Å². The van der Waals surface area contributed by atoms with E-state index in [2.05, 4.69) is 9.62 Å². The fraction of sp³-hybridized carbons (Fsp3) is 0.571. The lowest BCUT2D eigenvalue weighted by Crippen LogP contribution is -2.41. The van der Waals surface area contributed by atoms with Gasteiger partial charge in [0.05, 0.1) is 4.90 Å². The fourth-order valence-electron chi connectivity index (χ4n) is 2.11. The molecule has 0 bridgehead atoms. The minimum Gasteiger partial charge on any atom is -0.399 e. The first-order valence-corrected chi connectivity index (χ1v) is 8.37. The molecule has 1 saturated carbocycles. The first kappa shape index (κ1) is 15.3.